The summed E-state index contributed by atoms with van der Waals surface area (Å²) in [6.07, 6.45) is 4.87. The lowest BCUT2D eigenvalue weighted by atomic mass is 10.0. The minimum absolute atomic E-state index is 0.213. The Morgan fingerprint density at radius 2 is 2.24 bits per heavy atom. The smallest absolute Gasteiger partial charge is 0.328 e. The minimum Gasteiger partial charge on any atom is -0.467 e. The van der Waals surface area contributed by atoms with E-state index in [9.17, 15) is 14.0 Å². The number of aromatic amines is 1. The lowest BCUT2D eigenvalue weighted by Gasteiger charge is -2.15. The number of hydrogen-bond donors (Lipinski definition) is 2. The molecule has 0 fully saturated rings. The zero-order chi connectivity index (χ0) is 18.0. The van der Waals surface area contributed by atoms with E-state index in [-0.39, 0.29) is 12.2 Å². The Morgan fingerprint density at radius 3 is 2.92 bits per heavy atom. The van der Waals surface area contributed by atoms with Crippen molar-refractivity contribution in [3.05, 3.63) is 53.7 Å². The molecule has 3 aromatic rings. The Labute approximate surface area is 142 Å². The van der Waals surface area contributed by atoms with Gasteiger partial charge in [-0.1, -0.05) is 0 Å². The van der Waals surface area contributed by atoms with E-state index >= 15 is 0 Å². The number of fused-ring (bicyclic) bond motifs is 1. The number of nitrogens with one attached hydrogen (secondary N) is 2. The van der Waals surface area contributed by atoms with Gasteiger partial charge >= 0.3 is 5.97 Å². The average molecular weight is 344 g/mol. The van der Waals surface area contributed by atoms with Crippen LogP contribution in [0.3, 0.4) is 0 Å². The summed E-state index contributed by atoms with van der Waals surface area (Å²) in [7, 11) is 2.95. The summed E-state index contributed by atoms with van der Waals surface area (Å²) in [6.45, 7) is 0. The Hall–Kier alpha value is -3.16. The maximum Gasteiger partial charge on any atom is 0.328 e. The van der Waals surface area contributed by atoms with Gasteiger partial charge in [-0.3, -0.25) is 9.48 Å². The lowest BCUT2D eigenvalue weighted by Crippen LogP contribution is -2.43. The van der Waals surface area contributed by atoms with Gasteiger partial charge in [0.25, 0.3) is 5.91 Å². The van der Waals surface area contributed by atoms with Crippen molar-refractivity contribution in [3.8, 4) is 0 Å². The van der Waals surface area contributed by atoms with Gasteiger partial charge in [0.15, 0.2) is 0 Å². The topological polar surface area (TPSA) is 89.0 Å². The molecule has 2 aromatic heterocycles. The maximum absolute atomic E-state index is 13.3. The highest BCUT2D eigenvalue weighted by Crippen LogP contribution is 2.21. The van der Waals surface area contributed by atoms with Gasteiger partial charge in [-0.25, -0.2) is 9.18 Å². The third-order valence-corrected chi connectivity index (χ3v) is 3.91. The number of rotatable bonds is 5. The van der Waals surface area contributed by atoms with Crippen molar-refractivity contribution < 1.29 is 18.7 Å². The number of methoxy groups -OCH3 is 1. The summed E-state index contributed by atoms with van der Waals surface area (Å²) in [4.78, 5) is 27.3. The first-order valence-electron chi connectivity index (χ1n) is 7.61. The fraction of sp³-hybridized carbons (Fsp3) is 0.235. The molecule has 0 saturated heterocycles. The number of nitrogens with zero attached hydrogens (tertiary/aromatic N) is 2. The Morgan fingerprint density at radius 1 is 1.44 bits per heavy atom. The summed E-state index contributed by atoms with van der Waals surface area (Å²) in [5.74, 6) is -1.33. The minimum atomic E-state index is -0.873. The van der Waals surface area contributed by atoms with Crippen LogP contribution >= 0.6 is 0 Å². The standard InChI is InChI=1S/C17H17FN4O3/c1-22-9-11(8-20-22)16(23)21-15(17(24)25-2)5-10-7-19-14-6-12(18)3-4-13(10)14/h3-4,6-9,15,19H,5H2,1-2H3,(H,21,23). The Balaban J connectivity index is 1.83. The molecule has 1 amide bonds. The summed E-state index contributed by atoms with van der Waals surface area (Å²) < 4.78 is 19.6. The van der Waals surface area contributed by atoms with Crippen molar-refractivity contribution in [2.75, 3.05) is 7.11 Å². The molecule has 0 bridgehead atoms. The zero-order valence-electron chi connectivity index (χ0n) is 13.7. The lowest BCUT2D eigenvalue weighted by molar-refractivity contribution is -0.142. The van der Waals surface area contributed by atoms with E-state index < -0.39 is 17.9 Å². The highest BCUT2D eigenvalue weighted by atomic mass is 19.1. The van der Waals surface area contributed by atoms with Crippen LogP contribution in [-0.4, -0.2) is 39.8 Å². The fourth-order valence-electron chi connectivity index (χ4n) is 2.66. The molecule has 130 valence electrons. The molecule has 2 heterocycles. The maximum atomic E-state index is 13.3. The van der Waals surface area contributed by atoms with Crippen LogP contribution in [0.5, 0.6) is 0 Å². The number of amides is 1. The van der Waals surface area contributed by atoms with Crippen molar-refractivity contribution in [2.24, 2.45) is 7.05 Å². The monoisotopic (exact) mass is 344 g/mol. The van der Waals surface area contributed by atoms with Crippen LogP contribution in [0.15, 0.2) is 36.8 Å². The predicted octanol–water partition coefficient (Wildman–Crippen LogP) is 1.55. The molecule has 1 atom stereocenters. The van der Waals surface area contributed by atoms with Crippen molar-refractivity contribution in [1.82, 2.24) is 20.1 Å². The van der Waals surface area contributed by atoms with E-state index in [4.69, 9.17) is 4.74 Å². The molecule has 0 aliphatic heterocycles. The van der Waals surface area contributed by atoms with Gasteiger partial charge in [-0.15, -0.1) is 0 Å². The van der Waals surface area contributed by atoms with Gasteiger partial charge in [0.05, 0.1) is 18.9 Å². The van der Waals surface area contributed by atoms with Crippen LogP contribution < -0.4 is 5.32 Å². The number of hydrogen-bond acceptors (Lipinski definition) is 4. The van der Waals surface area contributed by atoms with Crippen LogP contribution in [-0.2, 0) is 23.0 Å². The summed E-state index contributed by atoms with van der Waals surface area (Å²) >= 11 is 0. The molecular weight excluding hydrogens is 327 g/mol. The number of H-pyrrole nitrogens is 1. The number of benzene rings is 1. The molecule has 0 aliphatic rings. The second-order valence-electron chi connectivity index (χ2n) is 5.66. The molecule has 0 radical (unpaired) electrons. The molecule has 0 spiro atoms. The number of carbonyl (C=O) groups excluding carboxylic acids is 2. The number of aromatic nitrogens is 3. The third-order valence-electron chi connectivity index (χ3n) is 3.91. The van der Waals surface area contributed by atoms with E-state index in [2.05, 4.69) is 15.4 Å². The van der Waals surface area contributed by atoms with Crippen LogP contribution in [0.4, 0.5) is 4.39 Å². The molecule has 8 heteroatoms. The number of esters is 1. The number of aryl methyl sites for hydroxylation is 1. The van der Waals surface area contributed by atoms with Gasteiger partial charge in [0.2, 0.25) is 0 Å². The molecule has 0 aliphatic carbocycles. The van der Waals surface area contributed by atoms with Crippen LogP contribution in [0.2, 0.25) is 0 Å². The van der Waals surface area contributed by atoms with E-state index in [1.165, 1.54) is 30.1 Å². The molecule has 1 unspecified atom stereocenters. The molecule has 7 nitrogen and oxygen atoms in total. The van der Waals surface area contributed by atoms with Crippen LogP contribution in [0.1, 0.15) is 15.9 Å². The summed E-state index contributed by atoms with van der Waals surface area (Å²) in [5.41, 5.74) is 1.74. The molecular formula is C17H17FN4O3. The molecule has 0 saturated carbocycles. The Bertz CT molecular complexity index is 931. The van der Waals surface area contributed by atoms with Gasteiger partial charge < -0.3 is 15.0 Å². The molecule has 25 heavy (non-hydrogen) atoms. The average Bonchev–Trinajstić information content (AvgIpc) is 3.19. The third kappa shape index (κ3) is 3.52. The quantitative estimate of drug-likeness (QED) is 0.688. The fourth-order valence-corrected chi connectivity index (χ4v) is 2.66. The zero-order valence-corrected chi connectivity index (χ0v) is 13.7. The van der Waals surface area contributed by atoms with Gasteiger partial charge in [0, 0.05) is 36.8 Å². The number of carbonyl (C=O) groups is 2. The second kappa shape index (κ2) is 6.76. The molecule has 3 rings (SSSR count). The SMILES string of the molecule is COC(=O)C(Cc1c[nH]c2cc(F)ccc12)NC(=O)c1cnn(C)c1. The predicted molar refractivity (Wildman–Crippen MR) is 88.4 cm³/mol. The largest absolute Gasteiger partial charge is 0.467 e. The first-order chi connectivity index (χ1) is 12.0. The summed E-state index contributed by atoms with van der Waals surface area (Å²) in [6, 6.07) is 3.48. The highest BCUT2D eigenvalue weighted by Gasteiger charge is 2.24. The highest BCUT2D eigenvalue weighted by molar-refractivity contribution is 5.96. The normalized spacial score (nSPS) is 12.1. The first kappa shape index (κ1) is 16.7. The molecule has 1 aromatic carbocycles. The van der Waals surface area contributed by atoms with E-state index in [1.807, 2.05) is 0 Å². The number of ether oxygens (including phenoxy) is 1. The first-order valence-corrected chi connectivity index (χ1v) is 7.61. The molecule has 2 N–H and O–H groups in total. The van der Waals surface area contributed by atoms with E-state index in [1.54, 1.807) is 25.5 Å². The van der Waals surface area contributed by atoms with Crippen molar-refractivity contribution >= 4 is 22.8 Å². The summed E-state index contributed by atoms with van der Waals surface area (Å²) in [5, 5.41) is 7.37. The second-order valence-corrected chi connectivity index (χ2v) is 5.66. The van der Waals surface area contributed by atoms with Gasteiger partial charge in [0.1, 0.15) is 11.9 Å². The Kier molecular flexibility index (Phi) is 4.51. The van der Waals surface area contributed by atoms with Gasteiger partial charge in [-0.2, -0.15) is 5.10 Å². The number of halogens is 1. The van der Waals surface area contributed by atoms with Crippen molar-refractivity contribution in [2.45, 2.75) is 12.5 Å². The van der Waals surface area contributed by atoms with Crippen LogP contribution in [0.25, 0.3) is 10.9 Å². The van der Waals surface area contributed by atoms with Crippen molar-refractivity contribution in [1.29, 1.82) is 0 Å². The van der Waals surface area contributed by atoms with E-state index in [0.717, 1.165) is 10.9 Å². The van der Waals surface area contributed by atoms with E-state index in [0.29, 0.717) is 11.1 Å². The van der Waals surface area contributed by atoms with Gasteiger partial charge in [-0.05, 0) is 23.8 Å². The van der Waals surface area contributed by atoms with Crippen LogP contribution in [0, 0.1) is 5.82 Å². The van der Waals surface area contributed by atoms with Crippen molar-refractivity contribution in [3.63, 3.8) is 0 Å².